The third-order valence-electron chi connectivity index (χ3n) is 4.51. The van der Waals surface area contributed by atoms with Crippen molar-refractivity contribution in [2.24, 2.45) is 0 Å². The van der Waals surface area contributed by atoms with E-state index in [1.807, 2.05) is 4.90 Å². The van der Waals surface area contributed by atoms with Crippen molar-refractivity contribution in [3.63, 3.8) is 0 Å². The zero-order valence-electron chi connectivity index (χ0n) is 14.3. The van der Waals surface area contributed by atoms with Crippen molar-refractivity contribution in [3.8, 4) is 0 Å². The Morgan fingerprint density at radius 3 is 2.81 bits per heavy atom. The zero-order chi connectivity index (χ0) is 18.6. The molecule has 2 aliphatic rings. The third-order valence-corrected chi connectivity index (χ3v) is 4.51. The lowest BCUT2D eigenvalue weighted by Crippen LogP contribution is -2.49. The van der Waals surface area contributed by atoms with Crippen LogP contribution in [0.4, 0.5) is 19.1 Å². The number of likely N-dealkylation sites (tertiary alicyclic amines) is 1. The van der Waals surface area contributed by atoms with Crippen molar-refractivity contribution < 1.29 is 22.7 Å². The van der Waals surface area contributed by atoms with Crippen LogP contribution in [-0.2, 0) is 15.7 Å². The summed E-state index contributed by atoms with van der Waals surface area (Å²) in [6.45, 7) is 3.99. The normalized spacial score (nSPS) is 22.3. The van der Waals surface area contributed by atoms with Crippen LogP contribution in [0.15, 0.2) is 12.3 Å². The summed E-state index contributed by atoms with van der Waals surface area (Å²) < 4.78 is 43.5. The van der Waals surface area contributed by atoms with Gasteiger partial charge in [-0.1, -0.05) is 0 Å². The second kappa shape index (κ2) is 8.17. The predicted molar refractivity (Wildman–Crippen MR) is 87.5 cm³/mol. The number of piperidine rings is 1. The van der Waals surface area contributed by atoms with Crippen molar-refractivity contribution >= 4 is 11.9 Å². The Balaban J connectivity index is 1.54. The molecule has 144 valence electrons. The van der Waals surface area contributed by atoms with E-state index in [1.54, 1.807) is 4.90 Å². The first kappa shape index (κ1) is 18.8. The monoisotopic (exact) mass is 373 g/mol. The Kier molecular flexibility index (Phi) is 5.92. The number of morpholine rings is 1. The number of anilines is 1. The molecule has 10 heteroatoms. The predicted octanol–water partition coefficient (Wildman–Crippen LogP) is 1.23. The van der Waals surface area contributed by atoms with Gasteiger partial charge in [0, 0.05) is 31.9 Å². The first-order chi connectivity index (χ1) is 12.4. The van der Waals surface area contributed by atoms with E-state index >= 15 is 0 Å². The van der Waals surface area contributed by atoms with E-state index in [0.717, 1.165) is 31.6 Å². The molecule has 3 heterocycles. The second-order valence-electron chi connectivity index (χ2n) is 6.48. The van der Waals surface area contributed by atoms with Crippen molar-refractivity contribution in [2.45, 2.75) is 25.1 Å². The molecular weight excluding hydrogens is 351 g/mol. The van der Waals surface area contributed by atoms with Crippen LogP contribution >= 0.6 is 0 Å². The van der Waals surface area contributed by atoms with Crippen LogP contribution in [0.25, 0.3) is 0 Å². The molecule has 0 saturated carbocycles. The first-order valence-electron chi connectivity index (χ1n) is 8.66. The molecule has 7 nitrogen and oxygen atoms in total. The Morgan fingerprint density at radius 2 is 2.08 bits per heavy atom. The van der Waals surface area contributed by atoms with Crippen LogP contribution in [0.2, 0.25) is 0 Å². The fourth-order valence-electron chi connectivity index (χ4n) is 3.19. The highest BCUT2D eigenvalue weighted by molar-refractivity contribution is 5.78. The van der Waals surface area contributed by atoms with Crippen molar-refractivity contribution in [3.05, 3.63) is 18.0 Å². The summed E-state index contributed by atoms with van der Waals surface area (Å²) in [5, 5.41) is 2.97. The van der Waals surface area contributed by atoms with Gasteiger partial charge in [-0.25, -0.2) is 9.97 Å². The molecule has 0 aliphatic carbocycles. The Labute approximate surface area is 149 Å². The number of alkyl halides is 3. The molecule has 1 aromatic rings. The van der Waals surface area contributed by atoms with E-state index in [4.69, 9.17) is 4.74 Å². The molecular formula is C16H22F3N5O2. The van der Waals surface area contributed by atoms with Crippen LogP contribution in [0.5, 0.6) is 0 Å². The van der Waals surface area contributed by atoms with Gasteiger partial charge in [0.05, 0.1) is 19.8 Å². The van der Waals surface area contributed by atoms with E-state index in [9.17, 15) is 18.0 Å². The quantitative estimate of drug-likeness (QED) is 0.856. The summed E-state index contributed by atoms with van der Waals surface area (Å²) >= 11 is 0. The molecule has 0 aromatic carbocycles. The zero-order valence-corrected chi connectivity index (χ0v) is 14.3. The smallest absolute Gasteiger partial charge is 0.378 e. The highest BCUT2D eigenvalue weighted by Gasteiger charge is 2.33. The van der Waals surface area contributed by atoms with E-state index in [0.29, 0.717) is 39.4 Å². The number of ether oxygens (including phenoxy) is 1. The molecule has 3 rings (SSSR count). The Bertz CT molecular complexity index is 622. The summed E-state index contributed by atoms with van der Waals surface area (Å²) in [7, 11) is 0. The minimum absolute atomic E-state index is 0.0359. The highest BCUT2D eigenvalue weighted by Crippen LogP contribution is 2.27. The molecule has 0 radical (unpaired) electrons. The molecule has 1 aromatic heterocycles. The number of amides is 1. The van der Waals surface area contributed by atoms with Gasteiger partial charge in [0.1, 0.15) is 5.69 Å². The fourth-order valence-corrected chi connectivity index (χ4v) is 3.19. The van der Waals surface area contributed by atoms with Crippen LogP contribution in [0.1, 0.15) is 18.5 Å². The Hall–Kier alpha value is -1.94. The third kappa shape index (κ3) is 5.04. The van der Waals surface area contributed by atoms with Gasteiger partial charge in [0.25, 0.3) is 0 Å². The summed E-state index contributed by atoms with van der Waals surface area (Å²) in [5.74, 6) is 0.0236. The molecule has 26 heavy (non-hydrogen) atoms. The van der Waals surface area contributed by atoms with Gasteiger partial charge in [-0.15, -0.1) is 0 Å². The lowest BCUT2D eigenvalue weighted by atomic mass is 10.1. The van der Waals surface area contributed by atoms with E-state index in [2.05, 4.69) is 15.3 Å². The molecule has 1 atom stereocenters. The minimum atomic E-state index is -4.50. The van der Waals surface area contributed by atoms with Crippen LogP contribution in [-0.4, -0.2) is 77.7 Å². The number of rotatable bonds is 4. The summed E-state index contributed by atoms with van der Waals surface area (Å²) in [6, 6.07) is 0.754. The summed E-state index contributed by atoms with van der Waals surface area (Å²) in [5.41, 5.74) is -0.967. The van der Waals surface area contributed by atoms with Gasteiger partial charge < -0.3 is 15.0 Å². The lowest BCUT2D eigenvalue weighted by molar-refractivity contribution is -0.141. The molecule has 1 N–H and O–H groups in total. The molecule has 1 amide bonds. The van der Waals surface area contributed by atoms with Gasteiger partial charge in [-0.2, -0.15) is 13.2 Å². The molecule has 2 saturated heterocycles. The van der Waals surface area contributed by atoms with Crippen molar-refractivity contribution in [1.29, 1.82) is 0 Å². The van der Waals surface area contributed by atoms with Crippen LogP contribution in [0.3, 0.4) is 0 Å². The topological polar surface area (TPSA) is 70.6 Å². The molecule has 2 aliphatic heterocycles. The minimum Gasteiger partial charge on any atom is -0.378 e. The average molecular weight is 373 g/mol. The van der Waals surface area contributed by atoms with Crippen molar-refractivity contribution in [1.82, 2.24) is 19.8 Å². The number of carbonyl (C=O) groups is 1. The number of nitrogens with zero attached hydrogens (tertiary/aromatic N) is 4. The first-order valence-corrected chi connectivity index (χ1v) is 8.66. The number of halogens is 3. The van der Waals surface area contributed by atoms with Crippen LogP contribution in [0, 0.1) is 0 Å². The molecule has 0 bridgehead atoms. The van der Waals surface area contributed by atoms with E-state index in [1.165, 1.54) is 0 Å². The maximum absolute atomic E-state index is 12.8. The summed E-state index contributed by atoms with van der Waals surface area (Å²) in [4.78, 5) is 23.6. The highest BCUT2D eigenvalue weighted by atomic mass is 19.4. The number of hydrogen-bond donors (Lipinski definition) is 1. The van der Waals surface area contributed by atoms with Gasteiger partial charge in [-0.05, 0) is 25.5 Å². The standard InChI is InChI=1S/C16H22F3N5O2/c17-16(18,19)13-3-4-20-15(22-13)21-12-2-1-5-23(10-12)11-14(25)24-6-8-26-9-7-24/h3-4,12H,1-2,5-11H2,(H,20,21,22). The fraction of sp³-hybridized carbons (Fsp3) is 0.688. The van der Waals surface area contributed by atoms with Gasteiger partial charge in [0.2, 0.25) is 11.9 Å². The largest absolute Gasteiger partial charge is 0.433 e. The SMILES string of the molecule is O=C(CN1CCCC(Nc2nccc(C(F)(F)F)n2)C1)N1CCOCC1. The molecule has 2 fully saturated rings. The second-order valence-corrected chi connectivity index (χ2v) is 6.48. The summed E-state index contributed by atoms with van der Waals surface area (Å²) in [6.07, 6.45) is -1.75. The Morgan fingerprint density at radius 1 is 1.31 bits per heavy atom. The van der Waals surface area contributed by atoms with E-state index < -0.39 is 11.9 Å². The van der Waals surface area contributed by atoms with Crippen molar-refractivity contribution in [2.75, 3.05) is 51.3 Å². The lowest BCUT2D eigenvalue weighted by Gasteiger charge is -2.35. The maximum atomic E-state index is 12.8. The van der Waals surface area contributed by atoms with Gasteiger partial charge >= 0.3 is 6.18 Å². The van der Waals surface area contributed by atoms with Gasteiger partial charge in [-0.3, -0.25) is 9.69 Å². The molecule has 0 spiro atoms. The number of nitrogens with one attached hydrogen (secondary N) is 1. The van der Waals surface area contributed by atoms with E-state index in [-0.39, 0.29) is 17.9 Å². The number of hydrogen-bond acceptors (Lipinski definition) is 6. The molecule has 1 unspecified atom stereocenters. The maximum Gasteiger partial charge on any atom is 0.433 e. The van der Waals surface area contributed by atoms with Crippen LogP contribution < -0.4 is 5.32 Å². The average Bonchev–Trinajstić information content (AvgIpc) is 2.62. The van der Waals surface area contributed by atoms with Gasteiger partial charge in [0.15, 0.2) is 0 Å². The number of aromatic nitrogens is 2. The number of carbonyl (C=O) groups excluding carboxylic acids is 1.